The molecule has 0 spiro atoms. The molecule has 2 aromatic carbocycles. The highest BCUT2D eigenvalue weighted by Gasteiger charge is 2.15. The monoisotopic (exact) mass is 333 g/mol. The summed E-state index contributed by atoms with van der Waals surface area (Å²) in [5.41, 5.74) is 2.12. The minimum atomic E-state index is 0.864. The topological polar surface area (TPSA) is 37.4 Å². The fraction of sp³-hybridized carbons (Fsp3) is 0.286. The molecule has 0 atom stereocenters. The minimum Gasteiger partial charge on any atom is -0.497 e. The largest absolute Gasteiger partial charge is 0.497 e. The first-order valence-corrected chi connectivity index (χ1v) is 8.85. The van der Waals surface area contributed by atoms with Crippen molar-refractivity contribution in [3.8, 4) is 17.0 Å². The van der Waals surface area contributed by atoms with E-state index in [2.05, 4.69) is 52.7 Å². The van der Waals surface area contributed by atoms with E-state index in [1.165, 1.54) is 10.8 Å². The van der Waals surface area contributed by atoms with Gasteiger partial charge in [0.15, 0.2) is 0 Å². The highest BCUT2D eigenvalue weighted by Crippen LogP contribution is 2.31. The van der Waals surface area contributed by atoms with E-state index in [1.807, 2.05) is 12.1 Å². The lowest BCUT2D eigenvalue weighted by Gasteiger charge is -2.23. The second kappa shape index (κ2) is 7.11. The first-order chi connectivity index (χ1) is 12.3. The van der Waals surface area contributed by atoms with E-state index >= 15 is 0 Å². The molecule has 0 saturated carbocycles. The van der Waals surface area contributed by atoms with Crippen molar-refractivity contribution in [3.63, 3.8) is 0 Å². The van der Waals surface area contributed by atoms with Gasteiger partial charge in [0.1, 0.15) is 11.6 Å². The Morgan fingerprint density at radius 3 is 2.68 bits per heavy atom. The number of hydrogen-bond donors (Lipinski definition) is 1. The number of aromatic nitrogens is 1. The Hall–Kier alpha value is -2.59. The van der Waals surface area contributed by atoms with Crippen molar-refractivity contribution < 1.29 is 4.74 Å². The zero-order chi connectivity index (χ0) is 17.1. The van der Waals surface area contributed by atoms with Gasteiger partial charge in [0.2, 0.25) is 0 Å². The Bertz CT molecular complexity index is 853. The number of ether oxygens (including phenoxy) is 1. The fourth-order valence-electron chi connectivity index (χ4n) is 3.39. The highest BCUT2D eigenvalue weighted by molar-refractivity contribution is 5.95. The summed E-state index contributed by atoms with van der Waals surface area (Å²) in [6.07, 6.45) is 1.14. The Morgan fingerprint density at radius 2 is 1.84 bits per heavy atom. The number of nitrogens with one attached hydrogen (secondary N) is 1. The van der Waals surface area contributed by atoms with Crippen LogP contribution in [-0.4, -0.2) is 38.3 Å². The van der Waals surface area contributed by atoms with E-state index < -0.39 is 0 Å². The quantitative estimate of drug-likeness (QED) is 0.793. The van der Waals surface area contributed by atoms with E-state index in [9.17, 15) is 0 Å². The van der Waals surface area contributed by atoms with Gasteiger partial charge < -0.3 is 15.0 Å². The molecule has 128 valence electrons. The minimum absolute atomic E-state index is 0.864. The molecule has 4 nitrogen and oxygen atoms in total. The number of rotatable bonds is 3. The molecule has 1 N–H and O–H groups in total. The van der Waals surface area contributed by atoms with Gasteiger partial charge >= 0.3 is 0 Å². The Balaban J connectivity index is 1.82. The molecule has 1 aliphatic rings. The summed E-state index contributed by atoms with van der Waals surface area (Å²) < 4.78 is 5.27. The van der Waals surface area contributed by atoms with Crippen molar-refractivity contribution in [2.24, 2.45) is 0 Å². The molecule has 0 unspecified atom stereocenters. The molecule has 25 heavy (non-hydrogen) atoms. The number of anilines is 1. The van der Waals surface area contributed by atoms with Crippen LogP contribution in [0.2, 0.25) is 0 Å². The van der Waals surface area contributed by atoms with E-state index in [0.29, 0.717) is 0 Å². The summed E-state index contributed by atoms with van der Waals surface area (Å²) in [5.74, 6) is 1.95. The lowest BCUT2D eigenvalue weighted by atomic mass is 10.1. The molecule has 0 radical (unpaired) electrons. The SMILES string of the molecule is COc1ccc(-c2cc3ccccc3c(N3CCCNCC3)n2)cc1. The maximum Gasteiger partial charge on any atom is 0.137 e. The fourth-order valence-corrected chi connectivity index (χ4v) is 3.39. The molecule has 4 heteroatoms. The van der Waals surface area contributed by atoms with E-state index in [-0.39, 0.29) is 0 Å². The summed E-state index contributed by atoms with van der Waals surface area (Å²) >= 11 is 0. The van der Waals surface area contributed by atoms with Crippen molar-refractivity contribution in [2.45, 2.75) is 6.42 Å². The molecule has 4 rings (SSSR count). The number of methoxy groups -OCH3 is 1. The van der Waals surface area contributed by atoms with Gasteiger partial charge in [0.05, 0.1) is 12.8 Å². The van der Waals surface area contributed by atoms with Crippen molar-refractivity contribution in [3.05, 3.63) is 54.6 Å². The first-order valence-electron chi connectivity index (χ1n) is 8.85. The van der Waals surface area contributed by atoms with Gasteiger partial charge in [-0.05, 0) is 48.7 Å². The molecule has 3 aromatic rings. The summed E-state index contributed by atoms with van der Waals surface area (Å²) in [7, 11) is 1.69. The number of fused-ring (bicyclic) bond motifs is 1. The molecule has 1 fully saturated rings. The van der Waals surface area contributed by atoms with Crippen molar-refractivity contribution in [1.29, 1.82) is 0 Å². The van der Waals surface area contributed by atoms with Crippen LogP contribution in [0.5, 0.6) is 5.75 Å². The van der Waals surface area contributed by atoms with Crippen LogP contribution in [0, 0.1) is 0 Å². The second-order valence-electron chi connectivity index (χ2n) is 6.37. The van der Waals surface area contributed by atoms with Gasteiger partial charge in [0.25, 0.3) is 0 Å². The Morgan fingerprint density at radius 1 is 1.00 bits per heavy atom. The van der Waals surface area contributed by atoms with Crippen molar-refractivity contribution in [1.82, 2.24) is 10.3 Å². The zero-order valence-corrected chi connectivity index (χ0v) is 14.5. The maximum absolute atomic E-state index is 5.27. The number of pyridine rings is 1. The van der Waals surface area contributed by atoms with Crippen LogP contribution < -0.4 is 15.0 Å². The van der Waals surface area contributed by atoms with Gasteiger partial charge in [0, 0.05) is 30.6 Å². The smallest absolute Gasteiger partial charge is 0.137 e. The molecular weight excluding hydrogens is 310 g/mol. The van der Waals surface area contributed by atoms with Gasteiger partial charge in [-0.2, -0.15) is 0 Å². The van der Waals surface area contributed by atoms with Crippen LogP contribution in [0.3, 0.4) is 0 Å². The Labute approximate surface area is 148 Å². The summed E-state index contributed by atoms with van der Waals surface area (Å²) in [6, 6.07) is 18.8. The van der Waals surface area contributed by atoms with E-state index in [1.54, 1.807) is 7.11 Å². The predicted molar refractivity (Wildman–Crippen MR) is 103 cm³/mol. The normalized spacial score (nSPS) is 15.2. The van der Waals surface area contributed by atoms with Gasteiger partial charge in [-0.1, -0.05) is 24.3 Å². The van der Waals surface area contributed by atoms with Gasteiger partial charge in [-0.25, -0.2) is 4.98 Å². The van der Waals surface area contributed by atoms with Crippen LogP contribution in [0.1, 0.15) is 6.42 Å². The molecule has 0 bridgehead atoms. The first kappa shape index (κ1) is 15.9. The van der Waals surface area contributed by atoms with Crippen LogP contribution in [-0.2, 0) is 0 Å². The van der Waals surface area contributed by atoms with E-state index in [0.717, 1.165) is 55.4 Å². The molecule has 1 aromatic heterocycles. The average molecular weight is 333 g/mol. The second-order valence-corrected chi connectivity index (χ2v) is 6.37. The molecule has 0 amide bonds. The van der Waals surface area contributed by atoms with Crippen molar-refractivity contribution in [2.75, 3.05) is 38.2 Å². The number of nitrogens with zero attached hydrogens (tertiary/aromatic N) is 2. The number of hydrogen-bond acceptors (Lipinski definition) is 4. The summed E-state index contributed by atoms with van der Waals surface area (Å²) in [5, 5.41) is 5.93. The van der Waals surface area contributed by atoms with Crippen LogP contribution >= 0.6 is 0 Å². The third kappa shape index (κ3) is 3.30. The summed E-state index contributed by atoms with van der Waals surface area (Å²) in [4.78, 5) is 7.46. The zero-order valence-electron chi connectivity index (χ0n) is 14.5. The lowest BCUT2D eigenvalue weighted by Crippen LogP contribution is -2.28. The molecular formula is C21H23N3O. The molecule has 0 aliphatic carbocycles. The van der Waals surface area contributed by atoms with Gasteiger partial charge in [-0.3, -0.25) is 0 Å². The van der Waals surface area contributed by atoms with Crippen LogP contribution in [0.25, 0.3) is 22.0 Å². The lowest BCUT2D eigenvalue weighted by molar-refractivity contribution is 0.415. The highest BCUT2D eigenvalue weighted by atomic mass is 16.5. The van der Waals surface area contributed by atoms with Crippen LogP contribution in [0.4, 0.5) is 5.82 Å². The Kier molecular flexibility index (Phi) is 4.53. The van der Waals surface area contributed by atoms with E-state index in [4.69, 9.17) is 9.72 Å². The summed E-state index contributed by atoms with van der Waals surface area (Å²) in [6.45, 7) is 4.11. The molecule has 2 heterocycles. The van der Waals surface area contributed by atoms with Gasteiger partial charge in [-0.15, -0.1) is 0 Å². The molecule has 1 aliphatic heterocycles. The third-order valence-corrected chi connectivity index (χ3v) is 4.75. The number of benzene rings is 2. The maximum atomic E-state index is 5.27. The third-order valence-electron chi connectivity index (χ3n) is 4.75. The van der Waals surface area contributed by atoms with Crippen LogP contribution in [0.15, 0.2) is 54.6 Å². The van der Waals surface area contributed by atoms with Crippen molar-refractivity contribution >= 4 is 16.6 Å². The molecule has 1 saturated heterocycles. The standard InChI is InChI=1S/C21H23N3O/c1-25-18-9-7-16(8-10-18)20-15-17-5-2-3-6-19(17)21(23-20)24-13-4-11-22-12-14-24/h2-3,5-10,15,22H,4,11-14H2,1H3. The average Bonchev–Trinajstić information content (AvgIpc) is 2.96. The predicted octanol–water partition coefficient (Wildman–Crippen LogP) is 3.71.